The fourth-order valence-electron chi connectivity index (χ4n) is 4.52. The number of pyridine rings is 1. The molecule has 1 N–H and O–H groups in total. The molecule has 2 aliphatic heterocycles. The van der Waals surface area contributed by atoms with Crippen LogP contribution in [0.3, 0.4) is 0 Å². The summed E-state index contributed by atoms with van der Waals surface area (Å²) in [4.78, 5) is 44.4. The minimum atomic E-state index is -0.941. The molecule has 27 heavy (non-hydrogen) atoms. The molecule has 3 heterocycles. The van der Waals surface area contributed by atoms with Crippen LogP contribution in [0.5, 0.6) is 0 Å². The van der Waals surface area contributed by atoms with Crippen LogP contribution < -0.4 is 0 Å². The van der Waals surface area contributed by atoms with E-state index in [0.717, 1.165) is 10.8 Å². The molecule has 2 aliphatic rings. The highest BCUT2D eigenvalue weighted by molar-refractivity contribution is 6.05. The van der Waals surface area contributed by atoms with Crippen molar-refractivity contribution in [3.63, 3.8) is 0 Å². The molecule has 2 saturated heterocycles. The first kappa shape index (κ1) is 17.5. The molecule has 2 aromatic rings. The number of fused-ring (bicyclic) bond motifs is 1. The molecule has 4 rings (SSSR count). The van der Waals surface area contributed by atoms with Gasteiger partial charge < -0.3 is 14.9 Å². The summed E-state index contributed by atoms with van der Waals surface area (Å²) < 4.78 is 0. The van der Waals surface area contributed by atoms with Crippen LogP contribution in [-0.4, -0.2) is 63.4 Å². The summed E-state index contributed by atoms with van der Waals surface area (Å²) in [6.07, 6.45) is 2.58. The van der Waals surface area contributed by atoms with Gasteiger partial charge in [0.15, 0.2) is 0 Å². The van der Waals surface area contributed by atoms with Gasteiger partial charge in [-0.1, -0.05) is 24.3 Å². The van der Waals surface area contributed by atoms with Crippen molar-refractivity contribution in [3.8, 4) is 0 Å². The lowest BCUT2D eigenvalue weighted by atomic mass is 9.77. The van der Waals surface area contributed by atoms with Gasteiger partial charge in [-0.2, -0.15) is 0 Å². The number of amides is 2. The number of aromatic nitrogens is 1. The van der Waals surface area contributed by atoms with Crippen LogP contribution in [0.25, 0.3) is 10.8 Å². The lowest BCUT2D eigenvalue weighted by molar-refractivity contribution is -0.145. The van der Waals surface area contributed by atoms with E-state index in [2.05, 4.69) is 4.98 Å². The summed E-state index contributed by atoms with van der Waals surface area (Å²) in [5.74, 6) is -1.95. The molecule has 1 spiro atoms. The van der Waals surface area contributed by atoms with Crippen molar-refractivity contribution in [2.75, 3.05) is 20.1 Å². The SMILES string of the molecule is CN1C(=O)CC(C(=O)O)C12CCN(C(=O)c1nccc3ccccc13)CC2. The number of likely N-dealkylation sites (tertiary alicyclic amines) is 2. The maximum Gasteiger partial charge on any atom is 0.309 e. The molecular weight excluding hydrogens is 346 g/mol. The number of carboxylic acid groups (broad SMARTS) is 1. The highest BCUT2D eigenvalue weighted by Gasteiger charge is 2.55. The van der Waals surface area contributed by atoms with E-state index in [9.17, 15) is 19.5 Å². The Labute approximate surface area is 156 Å². The first-order valence-corrected chi connectivity index (χ1v) is 9.06. The van der Waals surface area contributed by atoms with Crippen molar-refractivity contribution in [3.05, 3.63) is 42.2 Å². The second-order valence-corrected chi connectivity index (χ2v) is 7.32. The fraction of sp³-hybridized carbons (Fsp3) is 0.400. The number of benzene rings is 1. The van der Waals surface area contributed by atoms with E-state index in [1.54, 1.807) is 23.0 Å². The molecule has 1 atom stereocenters. The van der Waals surface area contributed by atoms with Gasteiger partial charge in [-0.25, -0.2) is 0 Å². The van der Waals surface area contributed by atoms with Gasteiger partial charge in [-0.05, 0) is 24.3 Å². The Morgan fingerprint density at radius 3 is 2.59 bits per heavy atom. The third-order valence-electron chi connectivity index (χ3n) is 6.16. The first-order valence-electron chi connectivity index (χ1n) is 9.06. The fourth-order valence-corrected chi connectivity index (χ4v) is 4.52. The number of carbonyl (C=O) groups is 3. The van der Waals surface area contributed by atoms with Crippen molar-refractivity contribution in [2.45, 2.75) is 24.8 Å². The summed E-state index contributed by atoms with van der Waals surface area (Å²) in [6.45, 7) is 0.816. The van der Waals surface area contributed by atoms with Crippen molar-refractivity contribution in [2.24, 2.45) is 5.92 Å². The number of hydrogen-bond donors (Lipinski definition) is 1. The number of nitrogens with zero attached hydrogens (tertiary/aromatic N) is 3. The molecule has 0 aliphatic carbocycles. The summed E-state index contributed by atoms with van der Waals surface area (Å²) in [6, 6.07) is 9.48. The van der Waals surface area contributed by atoms with Crippen LogP contribution in [0.1, 0.15) is 29.8 Å². The molecule has 0 radical (unpaired) electrons. The van der Waals surface area contributed by atoms with Crippen molar-refractivity contribution in [1.29, 1.82) is 0 Å². The lowest BCUT2D eigenvalue weighted by Crippen LogP contribution is -2.57. The summed E-state index contributed by atoms with van der Waals surface area (Å²) in [5, 5.41) is 11.3. The second kappa shape index (κ2) is 6.33. The van der Waals surface area contributed by atoms with Gasteiger partial charge >= 0.3 is 5.97 Å². The number of rotatable bonds is 2. The van der Waals surface area contributed by atoms with Crippen LogP contribution in [0, 0.1) is 5.92 Å². The van der Waals surface area contributed by atoms with E-state index in [1.807, 2.05) is 30.3 Å². The van der Waals surface area contributed by atoms with Crippen molar-refractivity contribution >= 4 is 28.6 Å². The number of hydrogen-bond acceptors (Lipinski definition) is 4. The largest absolute Gasteiger partial charge is 0.481 e. The Kier molecular flexibility index (Phi) is 4.09. The zero-order valence-corrected chi connectivity index (χ0v) is 15.1. The van der Waals surface area contributed by atoms with Crippen LogP contribution in [0.2, 0.25) is 0 Å². The number of carbonyl (C=O) groups excluding carboxylic acids is 2. The van der Waals surface area contributed by atoms with Gasteiger partial charge in [0.25, 0.3) is 5.91 Å². The van der Waals surface area contributed by atoms with E-state index in [0.29, 0.717) is 31.6 Å². The summed E-state index contributed by atoms with van der Waals surface area (Å²) >= 11 is 0. The molecule has 1 aromatic carbocycles. The topological polar surface area (TPSA) is 90.8 Å². The normalized spacial score (nSPS) is 21.8. The van der Waals surface area contributed by atoms with Crippen LogP contribution in [0.4, 0.5) is 0 Å². The Hall–Kier alpha value is -2.96. The maximum absolute atomic E-state index is 13.0. The van der Waals surface area contributed by atoms with E-state index in [4.69, 9.17) is 0 Å². The van der Waals surface area contributed by atoms with E-state index >= 15 is 0 Å². The Bertz CT molecular complexity index is 928. The zero-order chi connectivity index (χ0) is 19.2. The van der Waals surface area contributed by atoms with Crippen LogP contribution in [-0.2, 0) is 9.59 Å². The van der Waals surface area contributed by atoms with Crippen molar-refractivity contribution < 1.29 is 19.5 Å². The Morgan fingerprint density at radius 2 is 1.89 bits per heavy atom. The number of piperidine rings is 1. The molecule has 2 fully saturated rings. The second-order valence-electron chi connectivity index (χ2n) is 7.32. The third kappa shape index (κ3) is 2.65. The summed E-state index contributed by atoms with van der Waals surface area (Å²) in [5.41, 5.74) is -0.291. The number of aliphatic carboxylic acids is 1. The highest BCUT2D eigenvalue weighted by Crippen LogP contribution is 2.43. The molecular formula is C20H21N3O4. The lowest BCUT2D eigenvalue weighted by Gasteiger charge is -2.45. The van der Waals surface area contributed by atoms with Crippen LogP contribution in [0.15, 0.2) is 36.5 Å². The van der Waals surface area contributed by atoms with Crippen molar-refractivity contribution in [1.82, 2.24) is 14.8 Å². The van der Waals surface area contributed by atoms with Gasteiger partial charge in [0.05, 0.1) is 11.5 Å². The predicted molar refractivity (Wildman–Crippen MR) is 98.1 cm³/mol. The summed E-state index contributed by atoms with van der Waals surface area (Å²) in [7, 11) is 1.68. The minimum Gasteiger partial charge on any atom is -0.481 e. The molecule has 7 nitrogen and oxygen atoms in total. The number of carboxylic acids is 1. The van der Waals surface area contributed by atoms with E-state index in [-0.39, 0.29) is 18.2 Å². The Balaban J connectivity index is 1.58. The standard InChI is InChI=1S/C20H21N3O4/c1-22-16(24)12-15(19(26)27)20(22)7-10-23(11-8-20)18(25)17-14-5-3-2-4-13(14)6-9-21-17/h2-6,9,15H,7-8,10-12H2,1H3,(H,26,27). The maximum atomic E-state index is 13.0. The van der Waals surface area contributed by atoms with Gasteiger partial charge in [0.2, 0.25) is 5.91 Å². The highest BCUT2D eigenvalue weighted by atomic mass is 16.4. The minimum absolute atomic E-state index is 0.0324. The van der Waals surface area contributed by atoms with Gasteiger partial charge in [-0.15, -0.1) is 0 Å². The predicted octanol–water partition coefficient (Wildman–Crippen LogP) is 1.77. The van der Waals surface area contributed by atoms with Gasteiger partial charge in [0.1, 0.15) is 5.69 Å². The quantitative estimate of drug-likeness (QED) is 0.874. The average Bonchev–Trinajstić information content (AvgIpc) is 2.93. The Morgan fingerprint density at radius 1 is 1.19 bits per heavy atom. The monoisotopic (exact) mass is 367 g/mol. The van der Waals surface area contributed by atoms with E-state index in [1.165, 1.54) is 0 Å². The molecule has 2 amide bonds. The van der Waals surface area contributed by atoms with Crippen LogP contribution >= 0.6 is 0 Å². The first-order chi connectivity index (χ1) is 12.9. The van der Waals surface area contributed by atoms with E-state index < -0.39 is 17.4 Å². The molecule has 0 bridgehead atoms. The van der Waals surface area contributed by atoms with Gasteiger partial charge in [0, 0.05) is 38.1 Å². The third-order valence-corrected chi connectivity index (χ3v) is 6.16. The molecule has 7 heteroatoms. The smallest absolute Gasteiger partial charge is 0.309 e. The van der Waals surface area contributed by atoms with Gasteiger partial charge in [-0.3, -0.25) is 19.4 Å². The molecule has 0 saturated carbocycles. The molecule has 1 unspecified atom stereocenters. The zero-order valence-electron chi connectivity index (χ0n) is 15.1. The average molecular weight is 367 g/mol. The molecule has 140 valence electrons. The molecule has 1 aromatic heterocycles.